The van der Waals surface area contributed by atoms with Crippen molar-refractivity contribution < 1.29 is 14.3 Å². The summed E-state index contributed by atoms with van der Waals surface area (Å²) in [4.78, 5) is 29.8. The van der Waals surface area contributed by atoms with E-state index in [0.29, 0.717) is 11.3 Å². The van der Waals surface area contributed by atoms with Gasteiger partial charge in [-0.3, -0.25) is 9.59 Å². The highest BCUT2D eigenvalue weighted by Gasteiger charge is 2.20. The number of amides is 1. The maximum atomic E-state index is 12.7. The number of thiazole rings is 1. The van der Waals surface area contributed by atoms with Gasteiger partial charge in [-0.2, -0.15) is 0 Å². The molecule has 0 aliphatic carbocycles. The summed E-state index contributed by atoms with van der Waals surface area (Å²) in [6.45, 7) is 0.0936. The molecule has 1 aromatic heterocycles. The van der Waals surface area contributed by atoms with E-state index in [4.69, 9.17) is 4.74 Å². The molecule has 4 aromatic rings. The Morgan fingerprint density at radius 1 is 0.875 bits per heavy atom. The number of carbonyl (C=O) groups excluding carboxylic acids is 2. The van der Waals surface area contributed by atoms with Crippen LogP contribution in [0, 0.1) is 0 Å². The molecule has 1 N–H and O–H groups in total. The molecular weight excluding hydrogens is 420 g/mol. The summed E-state index contributed by atoms with van der Waals surface area (Å²) in [5, 5.41) is 5.72. The Labute approximate surface area is 190 Å². The number of nitrogens with zero attached hydrogens (tertiary/aromatic N) is 1. The number of rotatable bonds is 8. The number of benzene rings is 3. The van der Waals surface area contributed by atoms with E-state index in [0.717, 1.165) is 16.1 Å². The molecule has 0 spiro atoms. The van der Waals surface area contributed by atoms with Gasteiger partial charge in [0, 0.05) is 16.5 Å². The van der Waals surface area contributed by atoms with Crippen LogP contribution in [0.1, 0.15) is 34.1 Å². The fourth-order valence-electron chi connectivity index (χ4n) is 3.24. The van der Waals surface area contributed by atoms with Gasteiger partial charge in [0.1, 0.15) is 11.6 Å². The lowest BCUT2D eigenvalue weighted by atomic mass is 10.0. The molecule has 1 amide bonds. The van der Waals surface area contributed by atoms with E-state index in [9.17, 15) is 9.59 Å². The Bertz CT molecular complexity index is 1160. The molecule has 0 saturated carbocycles. The summed E-state index contributed by atoms with van der Waals surface area (Å²) in [6, 6.07) is 27.7. The smallest absolute Gasteiger partial charge is 0.308 e. The molecule has 6 heteroatoms. The molecule has 0 unspecified atom stereocenters. The Balaban J connectivity index is 1.39. The number of aromatic nitrogens is 1. The van der Waals surface area contributed by atoms with Crippen molar-refractivity contribution in [1.29, 1.82) is 0 Å². The van der Waals surface area contributed by atoms with Gasteiger partial charge in [0.2, 0.25) is 0 Å². The van der Waals surface area contributed by atoms with E-state index < -0.39 is 12.0 Å². The summed E-state index contributed by atoms with van der Waals surface area (Å²) in [6.07, 6.45) is 0.0261. The van der Waals surface area contributed by atoms with Gasteiger partial charge in [-0.1, -0.05) is 78.9 Å². The van der Waals surface area contributed by atoms with Gasteiger partial charge in [0.05, 0.1) is 18.2 Å². The molecule has 0 saturated heterocycles. The molecule has 0 aliphatic rings. The molecule has 0 aliphatic heterocycles. The molecule has 5 nitrogen and oxygen atoms in total. The first-order valence-electron chi connectivity index (χ1n) is 10.3. The Morgan fingerprint density at radius 2 is 1.50 bits per heavy atom. The molecular formula is C26H22N2O3S. The van der Waals surface area contributed by atoms with Crippen LogP contribution < -0.4 is 5.32 Å². The molecule has 0 bridgehead atoms. The summed E-state index contributed by atoms with van der Waals surface area (Å²) in [5.74, 6) is -0.638. The van der Waals surface area contributed by atoms with Crippen molar-refractivity contribution in [2.75, 3.05) is 0 Å². The lowest BCUT2D eigenvalue weighted by Crippen LogP contribution is -2.30. The molecule has 32 heavy (non-hydrogen) atoms. The second-order valence-electron chi connectivity index (χ2n) is 7.18. The summed E-state index contributed by atoms with van der Waals surface area (Å²) >= 11 is 1.51. The highest BCUT2D eigenvalue weighted by atomic mass is 32.1. The van der Waals surface area contributed by atoms with Crippen molar-refractivity contribution in [3.8, 4) is 10.6 Å². The zero-order chi connectivity index (χ0) is 22.2. The Kier molecular flexibility index (Phi) is 7.05. The number of ether oxygens (including phenoxy) is 1. The van der Waals surface area contributed by atoms with E-state index in [2.05, 4.69) is 10.3 Å². The normalized spacial score (nSPS) is 11.5. The zero-order valence-electron chi connectivity index (χ0n) is 17.3. The van der Waals surface area contributed by atoms with E-state index >= 15 is 0 Å². The summed E-state index contributed by atoms with van der Waals surface area (Å²) in [5.41, 5.74) is 3.11. The van der Waals surface area contributed by atoms with Gasteiger partial charge in [-0.25, -0.2) is 4.98 Å². The van der Waals surface area contributed by atoms with Crippen LogP contribution in [0.25, 0.3) is 10.6 Å². The van der Waals surface area contributed by atoms with Crippen LogP contribution in [0.3, 0.4) is 0 Å². The topological polar surface area (TPSA) is 68.3 Å². The zero-order valence-corrected chi connectivity index (χ0v) is 18.1. The number of esters is 1. The minimum atomic E-state index is -0.494. The SMILES string of the molecule is O=C(C[C@H](NC(=O)c1ccccc1)c1ccccc1)OCc1csc(-c2ccccc2)n1. The van der Waals surface area contributed by atoms with Crippen LogP contribution in [0.5, 0.6) is 0 Å². The fraction of sp³-hybridized carbons (Fsp3) is 0.115. The number of carbonyl (C=O) groups is 2. The summed E-state index contributed by atoms with van der Waals surface area (Å²) < 4.78 is 5.47. The van der Waals surface area contributed by atoms with Crippen LogP contribution in [-0.2, 0) is 16.1 Å². The van der Waals surface area contributed by atoms with Gasteiger partial charge < -0.3 is 10.1 Å². The number of nitrogens with one attached hydrogen (secondary N) is 1. The molecule has 160 valence electrons. The number of hydrogen-bond acceptors (Lipinski definition) is 5. The van der Waals surface area contributed by atoms with Crippen LogP contribution in [0.15, 0.2) is 96.4 Å². The third kappa shape index (κ3) is 5.68. The Hall–Kier alpha value is -3.77. The molecule has 4 rings (SSSR count). The van der Waals surface area contributed by atoms with Crippen molar-refractivity contribution >= 4 is 23.2 Å². The molecule has 1 heterocycles. The third-order valence-electron chi connectivity index (χ3n) is 4.87. The maximum absolute atomic E-state index is 12.7. The van der Waals surface area contributed by atoms with E-state index in [1.165, 1.54) is 11.3 Å². The lowest BCUT2D eigenvalue weighted by Gasteiger charge is -2.18. The quantitative estimate of drug-likeness (QED) is 0.370. The van der Waals surface area contributed by atoms with Crippen molar-refractivity contribution in [3.63, 3.8) is 0 Å². The average molecular weight is 443 g/mol. The van der Waals surface area contributed by atoms with E-state index in [-0.39, 0.29) is 18.9 Å². The van der Waals surface area contributed by atoms with Crippen LogP contribution >= 0.6 is 11.3 Å². The van der Waals surface area contributed by atoms with Gasteiger partial charge in [0.25, 0.3) is 5.91 Å². The minimum Gasteiger partial charge on any atom is -0.459 e. The molecule has 0 fully saturated rings. The Morgan fingerprint density at radius 3 is 2.19 bits per heavy atom. The van der Waals surface area contributed by atoms with Gasteiger partial charge in [-0.15, -0.1) is 11.3 Å². The highest BCUT2D eigenvalue weighted by molar-refractivity contribution is 7.13. The first-order valence-corrected chi connectivity index (χ1v) is 11.1. The van der Waals surface area contributed by atoms with Crippen molar-refractivity contribution in [3.05, 3.63) is 113 Å². The monoisotopic (exact) mass is 442 g/mol. The second-order valence-corrected chi connectivity index (χ2v) is 8.04. The van der Waals surface area contributed by atoms with Crippen LogP contribution in [0.2, 0.25) is 0 Å². The highest BCUT2D eigenvalue weighted by Crippen LogP contribution is 2.24. The predicted octanol–water partition coefficient (Wildman–Crippen LogP) is 5.41. The van der Waals surface area contributed by atoms with Gasteiger partial charge in [0.15, 0.2) is 0 Å². The fourth-order valence-corrected chi connectivity index (χ4v) is 4.05. The summed E-state index contributed by atoms with van der Waals surface area (Å²) in [7, 11) is 0. The van der Waals surface area contributed by atoms with Crippen LogP contribution in [-0.4, -0.2) is 16.9 Å². The number of hydrogen-bond donors (Lipinski definition) is 1. The van der Waals surface area contributed by atoms with Crippen molar-refractivity contribution in [2.45, 2.75) is 19.1 Å². The third-order valence-corrected chi connectivity index (χ3v) is 5.81. The predicted molar refractivity (Wildman–Crippen MR) is 125 cm³/mol. The minimum absolute atomic E-state index is 0.0261. The van der Waals surface area contributed by atoms with E-state index in [1.54, 1.807) is 24.3 Å². The van der Waals surface area contributed by atoms with Gasteiger partial charge in [-0.05, 0) is 17.7 Å². The standard InChI is InChI=1S/C26H22N2O3S/c29-24(31-17-22-18-32-26(27-22)21-14-8-3-9-15-21)16-23(19-10-4-1-5-11-19)28-25(30)20-12-6-2-7-13-20/h1-15,18,23H,16-17H2,(H,28,30)/t23-/m0/s1. The average Bonchev–Trinajstić information content (AvgIpc) is 3.33. The molecule has 3 aromatic carbocycles. The van der Waals surface area contributed by atoms with Crippen LogP contribution in [0.4, 0.5) is 0 Å². The first-order chi connectivity index (χ1) is 15.7. The van der Waals surface area contributed by atoms with Gasteiger partial charge >= 0.3 is 5.97 Å². The van der Waals surface area contributed by atoms with Crippen molar-refractivity contribution in [2.24, 2.45) is 0 Å². The lowest BCUT2D eigenvalue weighted by molar-refractivity contribution is -0.145. The molecule has 1 atom stereocenters. The van der Waals surface area contributed by atoms with Crippen molar-refractivity contribution in [1.82, 2.24) is 10.3 Å². The molecule has 0 radical (unpaired) electrons. The second kappa shape index (κ2) is 10.5. The first kappa shape index (κ1) is 21.5. The van der Waals surface area contributed by atoms with E-state index in [1.807, 2.05) is 72.1 Å². The maximum Gasteiger partial charge on any atom is 0.308 e. The largest absolute Gasteiger partial charge is 0.459 e.